The largest absolute Gasteiger partial charge is 0.459 e. The van der Waals surface area contributed by atoms with Crippen molar-refractivity contribution in [2.24, 2.45) is 5.92 Å². The molecule has 1 atom stereocenters. The average molecular weight is 368 g/mol. The third kappa shape index (κ3) is 4.75. The van der Waals surface area contributed by atoms with Gasteiger partial charge in [0, 0.05) is 13.0 Å². The van der Waals surface area contributed by atoms with Crippen LogP contribution in [0.1, 0.15) is 49.1 Å². The second kappa shape index (κ2) is 8.53. The Bertz CT molecular complexity index is 866. The van der Waals surface area contributed by atoms with Crippen LogP contribution in [0.3, 0.4) is 0 Å². The zero-order valence-electron chi connectivity index (χ0n) is 15.5. The van der Waals surface area contributed by atoms with Crippen molar-refractivity contribution in [3.8, 4) is 0 Å². The van der Waals surface area contributed by atoms with E-state index in [2.05, 4.69) is 20.6 Å². The van der Waals surface area contributed by atoms with Crippen molar-refractivity contribution >= 4 is 22.8 Å². The number of nitrogens with one attached hydrogen (secondary N) is 3. The van der Waals surface area contributed by atoms with Gasteiger partial charge in [-0.15, -0.1) is 0 Å². The van der Waals surface area contributed by atoms with Crippen molar-refractivity contribution < 1.29 is 14.0 Å². The Kier molecular flexibility index (Phi) is 5.90. The summed E-state index contributed by atoms with van der Waals surface area (Å²) in [6, 6.07) is 10.9. The van der Waals surface area contributed by atoms with Crippen molar-refractivity contribution in [1.29, 1.82) is 0 Å². The Morgan fingerprint density at radius 1 is 1.19 bits per heavy atom. The molecule has 7 heteroatoms. The number of amides is 2. The number of aromatic nitrogens is 2. The van der Waals surface area contributed by atoms with Crippen LogP contribution in [0.4, 0.5) is 0 Å². The number of imidazole rings is 1. The van der Waals surface area contributed by atoms with E-state index >= 15 is 0 Å². The van der Waals surface area contributed by atoms with Gasteiger partial charge < -0.3 is 20.0 Å². The van der Waals surface area contributed by atoms with Gasteiger partial charge in [-0.1, -0.05) is 26.0 Å². The van der Waals surface area contributed by atoms with E-state index in [9.17, 15) is 9.59 Å². The monoisotopic (exact) mass is 368 g/mol. The van der Waals surface area contributed by atoms with Gasteiger partial charge in [-0.25, -0.2) is 4.98 Å². The number of benzene rings is 1. The summed E-state index contributed by atoms with van der Waals surface area (Å²) in [6.07, 6.45) is 2.32. The van der Waals surface area contributed by atoms with Crippen LogP contribution in [0.25, 0.3) is 11.0 Å². The van der Waals surface area contributed by atoms with Crippen LogP contribution in [-0.4, -0.2) is 28.3 Å². The van der Waals surface area contributed by atoms with E-state index in [0.29, 0.717) is 19.4 Å². The smallest absolute Gasteiger partial charge is 0.286 e. The van der Waals surface area contributed by atoms with Crippen LogP contribution in [0.2, 0.25) is 0 Å². The number of para-hydroxylation sites is 2. The highest BCUT2D eigenvalue weighted by molar-refractivity contribution is 5.91. The van der Waals surface area contributed by atoms with Crippen molar-refractivity contribution in [2.45, 2.75) is 32.7 Å². The number of hydrogen-bond acceptors (Lipinski definition) is 4. The molecule has 3 N–H and O–H groups in total. The Morgan fingerprint density at radius 2 is 2.00 bits per heavy atom. The number of fused-ring (bicyclic) bond motifs is 1. The molecule has 0 saturated heterocycles. The molecule has 2 amide bonds. The van der Waals surface area contributed by atoms with Gasteiger partial charge in [0.1, 0.15) is 5.82 Å². The molecule has 0 bridgehead atoms. The topological polar surface area (TPSA) is 100 Å². The first-order valence-electron chi connectivity index (χ1n) is 9.10. The highest BCUT2D eigenvalue weighted by Gasteiger charge is 2.21. The first kappa shape index (κ1) is 18.7. The second-order valence-electron chi connectivity index (χ2n) is 6.77. The molecular formula is C20H24N4O3. The standard InChI is InChI=1S/C20H24N4O3/c1-13(2)18(19-22-14-7-3-4-8-15(14)23-19)24-17(25)10-5-11-21-20(26)16-9-6-12-27-16/h3-4,6-9,12-13,18H,5,10-11H2,1-2H3,(H,21,26)(H,22,23)(H,24,25). The maximum atomic E-state index is 12.3. The summed E-state index contributed by atoms with van der Waals surface area (Å²) in [6.45, 7) is 4.49. The normalized spacial score (nSPS) is 12.3. The second-order valence-corrected chi connectivity index (χ2v) is 6.77. The predicted molar refractivity (Wildman–Crippen MR) is 102 cm³/mol. The van der Waals surface area contributed by atoms with Crippen LogP contribution in [0, 0.1) is 5.92 Å². The molecule has 1 unspecified atom stereocenters. The van der Waals surface area contributed by atoms with E-state index in [1.165, 1.54) is 6.26 Å². The minimum absolute atomic E-state index is 0.0681. The summed E-state index contributed by atoms with van der Waals surface area (Å²) < 4.78 is 5.02. The quantitative estimate of drug-likeness (QED) is 0.532. The number of carbonyl (C=O) groups is 2. The number of H-pyrrole nitrogens is 1. The summed E-state index contributed by atoms with van der Waals surface area (Å²) in [5, 5.41) is 5.78. The van der Waals surface area contributed by atoms with E-state index in [1.807, 2.05) is 38.1 Å². The fraction of sp³-hybridized carbons (Fsp3) is 0.350. The van der Waals surface area contributed by atoms with Gasteiger partial charge >= 0.3 is 0 Å². The highest BCUT2D eigenvalue weighted by atomic mass is 16.3. The van der Waals surface area contributed by atoms with Crippen LogP contribution < -0.4 is 10.6 Å². The molecular weight excluding hydrogens is 344 g/mol. The van der Waals surface area contributed by atoms with Gasteiger partial charge in [0.2, 0.25) is 5.91 Å². The molecule has 0 aliphatic rings. The molecule has 3 rings (SSSR count). The van der Waals surface area contributed by atoms with Gasteiger partial charge in [-0.05, 0) is 36.6 Å². The van der Waals surface area contributed by atoms with Crippen molar-refractivity contribution in [1.82, 2.24) is 20.6 Å². The van der Waals surface area contributed by atoms with Crippen LogP contribution in [-0.2, 0) is 4.79 Å². The number of carbonyl (C=O) groups excluding carboxylic acids is 2. The maximum absolute atomic E-state index is 12.3. The predicted octanol–water partition coefficient (Wildman–Crippen LogP) is 3.18. The van der Waals surface area contributed by atoms with Crippen LogP contribution >= 0.6 is 0 Å². The summed E-state index contributed by atoms with van der Waals surface area (Å²) >= 11 is 0. The SMILES string of the molecule is CC(C)C(NC(=O)CCCNC(=O)c1ccco1)c1nc2ccccc2[nH]1. The highest BCUT2D eigenvalue weighted by Crippen LogP contribution is 2.22. The van der Waals surface area contributed by atoms with Gasteiger partial charge in [0.25, 0.3) is 5.91 Å². The van der Waals surface area contributed by atoms with Gasteiger partial charge in [-0.2, -0.15) is 0 Å². The molecule has 0 aliphatic heterocycles. The number of hydrogen-bond donors (Lipinski definition) is 3. The summed E-state index contributed by atoms with van der Waals surface area (Å²) in [5.41, 5.74) is 1.83. The van der Waals surface area contributed by atoms with Gasteiger partial charge in [0.05, 0.1) is 23.3 Å². The molecule has 0 aliphatic carbocycles. The number of rotatable bonds is 8. The maximum Gasteiger partial charge on any atom is 0.286 e. The first-order chi connectivity index (χ1) is 13.0. The Morgan fingerprint density at radius 3 is 2.70 bits per heavy atom. The molecule has 0 spiro atoms. The van der Waals surface area contributed by atoms with Gasteiger partial charge in [-0.3, -0.25) is 9.59 Å². The molecule has 2 heterocycles. The number of aromatic amines is 1. The minimum atomic E-state index is -0.275. The van der Waals surface area contributed by atoms with Crippen LogP contribution in [0.15, 0.2) is 47.1 Å². The molecule has 27 heavy (non-hydrogen) atoms. The Balaban J connectivity index is 1.50. The fourth-order valence-electron chi connectivity index (χ4n) is 2.86. The summed E-state index contributed by atoms with van der Waals surface area (Å²) in [7, 11) is 0. The molecule has 0 radical (unpaired) electrons. The summed E-state index contributed by atoms with van der Waals surface area (Å²) in [4.78, 5) is 32.0. The lowest BCUT2D eigenvalue weighted by atomic mass is 10.0. The van der Waals surface area contributed by atoms with E-state index in [0.717, 1.165) is 16.9 Å². The molecule has 2 aromatic heterocycles. The van der Waals surface area contributed by atoms with E-state index in [1.54, 1.807) is 12.1 Å². The molecule has 142 valence electrons. The third-order valence-corrected chi connectivity index (χ3v) is 4.30. The lowest BCUT2D eigenvalue weighted by molar-refractivity contribution is -0.122. The Labute approximate surface area is 157 Å². The van der Waals surface area contributed by atoms with Gasteiger partial charge in [0.15, 0.2) is 5.76 Å². The number of nitrogens with zero attached hydrogens (tertiary/aromatic N) is 1. The zero-order chi connectivity index (χ0) is 19.2. The van der Waals surface area contributed by atoms with E-state index in [4.69, 9.17) is 4.42 Å². The van der Waals surface area contributed by atoms with Crippen LogP contribution in [0.5, 0.6) is 0 Å². The minimum Gasteiger partial charge on any atom is -0.459 e. The lowest BCUT2D eigenvalue weighted by Crippen LogP contribution is -2.33. The molecule has 3 aromatic rings. The van der Waals surface area contributed by atoms with Crippen molar-refractivity contribution in [3.05, 3.63) is 54.2 Å². The third-order valence-electron chi connectivity index (χ3n) is 4.30. The van der Waals surface area contributed by atoms with E-state index in [-0.39, 0.29) is 29.5 Å². The Hall–Kier alpha value is -3.09. The molecule has 1 aromatic carbocycles. The molecule has 7 nitrogen and oxygen atoms in total. The first-order valence-corrected chi connectivity index (χ1v) is 9.10. The number of furan rings is 1. The van der Waals surface area contributed by atoms with Crippen molar-refractivity contribution in [3.63, 3.8) is 0 Å². The van der Waals surface area contributed by atoms with Crippen molar-refractivity contribution in [2.75, 3.05) is 6.54 Å². The van der Waals surface area contributed by atoms with E-state index < -0.39 is 0 Å². The zero-order valence-corrected chi connectivity index (χ0v) is 15.5. The lowest BCUT2D eigenvalue weighted by Gasteiger charge is -2.20. The molecule has 0 saturated carbocycles. The fourth-order valence-corrected chi connectivity index (χ4v) is 2.86. The average Bonchev–Trinajstić information content (AvgIpc) is 3.32. The summed E-state index contributed by atoms with van der Waals surface area (Å²) in [5.74, 6) is 0.868. The molecule has 0 fully saturated rings.